The molecule has 1 radical (unpaired) electrons. The lowest BCUT2D eigenvalue weighted by Gasteiger charge is -1.88. The van der Waals surface area contributed by atoms with E-state index < -0.39 is 0 Å². The molecular weight excluding hydrogens is 112 g/mol. The summed E-state index contributed by atoms with van der Waals surface area (Å²) in [5.74, 6) is 0. The summed E-state index contributed by atoms with van der Waals surface area (Å²) in [5.41, 5.74) is 6.10. The number of rotatable bonds is 3. The highest BCUT2D eigenvalue weighted by molar-refractivity contribution is 5.69. The maximum atomic E-state index is 6.69. The number of allylic oxidation sites excluding steroid dienone is 3. The molecule has 0 heterocycles. The van der Waals surface area contributed by atoms with E-state index in [1.807, 2.05) is 13.3 Å². The summed E-state index contributed by atoms with van der Waals surface area (Å²) in [6.45, 7) is 1.91. The Hall–Kier alpha value is -1.05. The maximum Gasteiger partial charge on any atom is 0.0177 e. The molecule has 2 heteroatoms. The summed E-state index contributed by atoms with van der Waals surface area (Å²) in [6, 6.07) is 0. The molecule has 3 N–H and O–H groups in total. The Kier molecular flexibility index (Phi) is 4.50. The number of nitrogens with one attached hydrogen (secondary N) is 1. The van der Waals surface area contributed by atoms with Gasteiger partial charge in [0.2, 0.25) is 0 Å². The zero-order valence-corrected chi connectivity index (χ0v) is 5.46. The van der Waals surface area contributed by atoms with Crippen molar-refractivity contribution < 1.29 is 0 Å². The van der Waals surface area contributed by atoms with Gasteiger partial charge < -0.3 is 11.1 Å². The standard InChI is InChI=1S/C7H11N2/c1-7(4-6-9)3-2-5-8/h2-6,9H,8H2,1H3/b5-2+,7-4-,9-6?. The van der Waals surface area contributed by atoms with Gasteiger partial charge >= 0.3 is 0 Å². The van der Waals surface area contributed by atoms with Gasteiger partial charge in [-0.2, -0.15) is 0 Å². The molecule has 0 saturated carbocycles. The maximum absolute atomic E-state index is 6.69. The molecular formula is C7H11N2. The first-order valence-electron chi connectivity index (χ1n) is 2.70. The van der Waals surface area contributed by atoms with Gasteiger partial charge in [-0.15, -0.1) is 0 Å². The molecule has 0 aliphatic rings. The van der Waals surface area contributed by atoms with Crippen molar-refractivity contribution in [2.45, 2.75) is 6.92 Å². The first-order valence-corrected chi connectivity index (χ1v) is 2.70. The lowest BCUT2D eigenvalue weighted by atomic mass is 10.2. The molecule has 0 aromatic carbocycles. The highest BCUT2D eigenvalue weighted by atomic mass is 14.5. The molecule has 0 aliphatic heterocycles. The second-order valence-electron chi connectivity index (χ2n) is 1.63. The Morgan fingerprint density at radius 1 is 1.56 bits per heavy atom. The van der Waals surface area contributed by atoms with Gasteiger partial charge in [-0.3, -0.25) is 0 Å². The van der Waals surface area contributed by atoms with Crippen LogP contribution in [-0.2, 0) is 0 Å². The van der Waals surface area contributed by atoms with Crippen LogP contribution in [0.5, 0.6) is 0 Å². The van der Waals surface area contributed by atoms with Crippen LogP contribution in [0.25, 0.3) is 0 Å². The van der Waals surface area contributed by atoms with E-state index in [0.29, 0.717) is 0 Å². The number of hydrogen-bond donors (Lipinski definition) is 2. The molecule has 9 heavy (non-hydrogen) atoms. The summed E-state index contributed by atoms with van der Waals surface area (Å²) in [6.07, 6.45) is 7.97. The van der Waals surface area contributed by atoms with E-state index in [1.165, 1.54) is 12.4 Å². The second kappa shape index (κ2) is 5.09. The number of hydrogen-bond acceptors (Lipinski definition) is 2. The van der Waals surface area contributed by atoms with Gasteiger partial charge in [-0.1, -0.05) is 11.6 Å². The van der Waals surface area contributed by atoms with Gasteiger partial charge in [0.25, 0.3) is 0 Å². The summed E-state index contributed by atoms with van der Waals surface area (Å²) in [7, 11) is 0. The van der Waals surface area contributed by atoms with Crippen molar-refractivity contribution in [2.75, 3.05) is 0 Å². The molecule has 0 rings (SSSR count). The average Bonchev–Trinajstić information content (AvgIpc) is 1.85. The van der Waals surface area contributed by atoms with Crippen LogP contribution >= 0.6 is 0 Å². The molecule has 0 saturated heterocycles. The number of nitrogens with two attached hydrogens (primary N) is 1. The van der Waals surface area contributed by atoms with E-state index in [0.717, 1.165) is 5.57 Å². The zero-order chi connectivity index (χ0) is 7.11. The summed E-state index contributed by atoms with van der Waals surface area (Å²) >= 11 is 0. The molecule has 2 nitrogen and oxygen atoms in total. The van der Waals surface area contributed by atoms with Crippen LogP contribution in [-0.4, -0.2) is 6.21 Å². The molecule has 0 unspecified atom stereocenters. The van der Waals surface area contributed by atoms with Crippen LogP contribution in [0.4, 0.5) is 0 Å². The third-order valence-corrected chi connectivity index (χ3v) is 0.816. The molecule has 0 aromatic heterocycles. The highest BCUT2D eigenvalue weighted by Crippen LogP contribution is 1.95. The lowest BCUT2D eigenvalue weighted by Crippen LogP contribution is -1.79. The van der Waals surface area contributed by atoms with E-state index in [4.69, 9.17) is 11.1 Å². The molecule has 0 aliphatic carbocycles. The summed E-state index contributed by atoms with van der Waals surface area (Å²) < 4.78 is 0. The van der Waals surface area contributed by atoms with Crippen molar-refractivity contribution in [1.29, 1.82) is 5.41 Å². The smallest absolute Gasteiger partial charge is 0.0177 e. The van der Waals surface area contributed by atoms with Gasteiger partial charge in [0.15, 0.2) is 0 Å². The van der Waals surface area contributed by atoms with Crippen LogP contribution in [0.3, 0.4) is 0 Å². The molecule has 0 aromatic rings. The van der Waals surface area contributed by atoms with Crippen molar-refractivity contribution in [3.05, 3.63) is 30.3 Å². The Labute approximate surface area is 55.6 Å². The Morgan fingerprint density at radius 2 is 2.22 bits per heavy atom. The quantitative estimate of drug-likeness (QED) is 0.545. The van der Waals surface area contributed by atoms with Gasteiger partial charge in [0, 0.05) is 12.6 Å². The fourth-order valence-electron chi connectivity index (χ4n) is 0.394. The van der Waals surface area contributed by atoms with Crippen LogP contribution in [0.1, 0.15) is 6.92 Å². The largest absolute Gasteiger partial charge is 0.405 e. The summed E-state index contributed by atoms with van der Waals surface area (Å²) in [4.78, 5) is 0. The fourth-order valence-corrected chi connectivity index (χ4v) is 0.394. The van der Waals surface area contributed by atoms with Crippen LogP contribution in [0.2, 0.25) is 0 Å². The van der Waals surface area contributed by atoms with Crippen molar-refractivity contribution >= 4 is 6.21 Å². The first-order chi connectivity index (χ1) is 4.31. The molecule has 49 valence electrons. The van der Waals surface area contributed by atoms with Crippen molar-refractivity contribution in [1.82, 2.24) is 0 Å². The first kappa shape index (κ1) is 7.95. The van der Waals surface area contributed by atoms with Crippen LogP contribution < -0.4 is 5.73 Å². The van der Waals surface area contributed by atoms with Gasteiger partial charge in [-0.25, -0.2) is 0 Å². The summed E-state index contributed by atoms with van der Waals surface area (Å²) in [5, 5.41) is 6.69. The van der Waals surface area contributed by atoms with Gasteiger partial charge in [0.1, 0.15) is 0 Å². The fraction of sp³-hybridized carbons (Fsp3) is 0.143. The predicted molar refractivity (Wildman–Crippen MR) is 40.2 cm³/mol. The SMILES string of the molecule is C/C([CH]/C=C/N)=C/C=N. The molecule has 0 bridgehead atoms. The predicted octanol–water partition coefficient (Wildman–Crippen LogP) is 1.26. The monoisotopic (exact) mass is 123 g/mol. The second-order valence-corrected chi connectivity index (χ2v) is 1.63. The Morgan fingerprint density at radius 3 is 2.67 bits per heavy atom. The normalized spacial score (nSPS) is 12.3. The zero-order valence-electron chi connectivity index (χ0n) is 5.46. The van der Waals surface area contributed by atoms with Gasteiger partial charge in [0.05, 0.1) is 0 Å². The lowest BCUT2D eigenvalue weighted by molar-refractivity contribution is 1.42. The highest BCUT2D eigenvalue weighted by Gasteiger charge is 1.80. The average molecular weight is 123 g/mol. The van der Waals surface area contributed by atoms with E-state index >= 15 is 0 Å². The van der Waals surface area contributed by atoms with Crippen LogP contribution in [0, 0.1) is 11.8 Å². The molecule has 0 amide bonds. The van der Waals surface area contributed by atoms with E-state index in [9.17, 15) is 0 Å². The minimum atomic E-state index is 1.02. The topological polar surface area (TPSA) is 49.9 Å². The van der Waals surface area contributed by atoms with Crippen molar-refractivity contribution in [3.8, 4) is 0 Å². The third-order valence-electron chi connectivity index (χ3n) is 0.816. The minimum absolute atomic E-state index is 1.02. The Bertz CT molecular complexity index is 134. The Balaban J connectivity index is 3.61. The molecule has 0 fully saturated rings. The third kappa shape index (κ3) is 4.81. The van der Waals surface area contributed by atoms with E-state index in [2.05, 4.69) is 0 Å². The minimum Gasteiger partial charge on any atom is -0.405 e. The van der Waals surface area contributed by atoms with Crippen molar-refractivity contribution in [2.24, 2.45) is 5.73 Å². The van der Waals surface area contributed by atoms with E-state index in [1.54, 1.807) is 12.2 Å². The van der Waals surface area contributed by atoms with Crippen molar-refractivity contribution in [3.63, 3.8) is 0 Å². The van der Waals surface area contributed by atoms with Gasteiger partial charge in [-0.05, 0) is 19.2 Å². The van der Waals surface area contributed by atoms with E-state index in [-0.39, 0.29) is 0 Å². The molecule has 0 atom stereocenters. The molecule has 0 spiro atoms. The van der Waals surface area contributed by atoms with Crippen LogP contribution in [0.15, 0.2) is 23.9 Å².